The van der Waals surface area contributed by atoms with Crippen LogP contribution in [0.5, 0.6) is 5.75 Å². The van der Waals surface area contributed by atoms with Crippen LogP contribution < -0.4 is 19.7 Å². The standard InChI is InChI=1S/C37H47ClN4O6S/c1-23-6-4-8-32(46-2)28-12-9-26(28)19-42-21-37(15-5-7-24-16-27(38)11-13-29(24)37)22-48-33-14-10-25(17-31(33)42)35(43)40-49(45,20-23)41-36(44)39-30-18-34(30)47-3/h4,8,10-11,13-14,16-17,23,26,28,30,32,34H,5-7,9,12,15,18-22H2,1-3H3,(H2,39,40,41,43,44,45)/b8-4-/t23-,26-,28+,30-,32-,34+,37-,49?/m0/s1. The van der Waals surface area contributed by atoms with Crippen LogP contribution in [0.15, 0.2) is 52.9 Å². The number of nitrogens with zero attached hydrogens (tertiary/aromatic N) is 2. The van der Waals surface area contributed by atoms with Gasteiger partial charge in [-0.15, -0.1) is 4.36 Å². The maximum absolute atomic E-state index is 14.3. The van der Waals surface area contributed by atoms with Gasteiger partial charge in [0.05, 0.1) is 36.3 Å². The van der Waals surface area contributed by atoms with Gasteiger partial charge >= 0.3 is 6.03 Å². The number of nitrogens with one attached hydrogen (secondary N) is 2. The van der Waals surface area contributed by atoms with Crippen molar-refractivity contribution >= 4 is 39.1 Å². The topological polar surface area (TPSA) is 119 Å². The molecule has 2 N–H and O–H groups in total. The van der Waals surface area contributed by atoms with Gasteiger partial charge in [0.2, 0.25) is 0 Å². The van der Waals surface area contributed by atoms with E-state index in [2.05, 4.69) is 43.6 Å². The number of urea groups is 1. The fourth-order valence-corrected chi connectivity index (χ4v) is 10.3. The summed E-state index contributed by atoms with van der Waals surface area (Å²) in [5.74, 6) is 0.700. The van der Waals surface area contributed by atoms with Crippen molar-refractivity contribution in [1.82, 2.24) is 10.0 Å². The van der Waals surface area contributed by atoms with Gasteiger partial charge in [0.1, 0.15) is 15.7 Å². The summed E-state index contributed by atoms with van der Waals surface area (Å²) in [4.78, 5) is 29.2. The Balaban J connectivity index is 1.27. The predicted molar refractivity (Wildman–Crippen MR) is 191 cm³/mol. The third-order valence-electron chi connectivity index (χ3n) is 11.1. The van der Waals surface area contributed by atoms with E-state index >= 15 is 0 Å². The number of aryl methyl sites for hydroxylation is 1. The van der Waals surface area contributed by atoms with Crippen LogP contribution in [0, 0.1) is 17.8 Å². The number of carbonyl (C=O) groups is 2. The largest absolute Gasteiger partial charge is 0.490 e. The Bertz CT molecular complexity index is 1760. The molecule has 10 nitrogen and oxygen atoms in total. The lowest BCUT2D eigenvalue weighted by Gasteiger charge is -2.46. The van der Waals surface area contributed by atoms with E-state index in [4.69, 9.17) is 25.8 Å². The molecule has 2 heterocycles. The lowest BCUT2D eigenvalue weighted by molar-refractivity contribution is 0.0131. The normalized spacial score (nSPS) is 34.6. The van der Waals surface area contributed by atoms with Crippen LogP contribution in [0.25, 0.3) is 0 Å². The van der Waals surface area contributed by atoms with Crippen LogP contribution in [0.3, 0.4) is 0 Å². The van der Waals surface area contributed by atoms with Gasteiger partial charge in [0, 0.05) is 43.3 Å². The second-order valence-corrected chi connectivity index (χ2v) is 17.1. The van der Waals surface area contributed by atoms with E-state index in [0.717, 1.165) is 55.9 Å². The first-order valence-electron chi connectivity index (χ1n) is 17.5. The summed E-state index contributed by atoms with van der Waals surface area (Å²) in [6.45, 7) is 3.97. The number of hydrogen-bond acceptors (Lipinski definition) is 7. The highest BCUT2D eigenvalue weighted by molar-refractivity contribution is 7.92. The molecule has 2 aliphatic heterocycles. The summed E-state index contributed by atoms with van der Waals surface area (Å²) < 4.78 is 39.1. The molecule has 2 aromatic carbocycles. The molecule has 12 heteroatoms. The summed E-state index contributed by atoms with van der Waals surface area (Å²) >= 11 is 6.45. The molecule has 5 aliphatic rings. The van der Waals surface area contributed by atoms with Crippen molar-refractivity contribution in [3.05, 3.63) is 70.3 Å². The number of benzene rings is 2. The zero-order chi connectivity index (χ0) is 34.3. The van der Waals surface area contributed by atoms with Gasteiger partial charge in [-0.3, -0.25) is 9.52 Å². The molecule has 1 unspecified atom stereocenters. The number of fused-ring (bicyclic) bond motifs is 4. The second-order valence-electron chi connectivity index (χ2n) is 14.7. The number of rotatable bonds is 4. The lowest BCUT2D eigenvalue weighted by Crippen LogP contribution is -2.49. The molecule has 264 valence electrons. The molecule has 2 fully saturated rings. The number of hydrogen-bond donors (Lipinski definition) is 2. The van der Waals surface area contributed by atoms with E-state index < -0.39 is 21.9 Å². The fourth-order valence-electron chi connectivity index (χ4n) is 8.29. The Kier molecular flexibility index (Phi) is 9.73. The molecule has 8 atom stereocenters. The van der Waals surface area contributed by atoms with E-state index in [0.29, 0.717) is 42.6 Å². The van der Waals surface area contributed by atoms with E-state index in [9.17, 15) is 13.8 Å². The Morgan fingerprint density at radius 1 is 1.16 bits per heavy atom. The summed E-state index contributed by atoms with van der Waals surface area (Å²) in [5, 5.41) is 3.54. The fraction of sp³-hybridized carbons (Fsp3) is 0.568. The molecule has 7 rings (SSSR count). The minimum absolute atomic E-state index is 0.0185. The van der Waals surface area contributed by atoms with Crippen LogP contribution in [-0.2, 0) is 31.2 Å². The van der Waals surface area contributed by atoms with Crippen LogP contribution >= 0.6 is 11.6 Å². The first-order chi connectivity index (χ1) is 23.6. The zero-order valence-corrected chi connectivity index (χ0v) is 30.1. The van der Waals surface area contributed by atoms with Gasteiger partial charge in [-0.1, -0.05) is 36.7 Å². The second kappa shape index (κ2) is 13.9. The first-order valence-corrected chi connectivity index (χ1v) is 19.6. The number of halogens is 1. The number of methoxy groups -OCH3 is 2. The molecule has 2 bridgehead atoms. The number of carbonyl (C=O) groups excluding carboxylic acids is 2. The SMILES string of the molecule is CO[C@H]1/C=C\C[C@H](C)CS(=O)(NC(=O)N[C@H]2C[C@H]2OC)=NC(=O)c2ccc3c(c2)N(C[C@@H]2CC[C@H]21)C[C@@]1(CCCc2cc(Cl)ccc21)CO3. The van der Waals surface area contributed by atoms with E-state index in [1.165, 1.54) is 11.1 Å². The quantitative estimate of drug-likeness (QED) is 0.371. The zero-order valence-electron chi connectivity index (χ0n) is 28.5. The van der Waals surface area contributed by atoms with Crippen molar-refractivity contribution in [1.29, 1.82) is 0 Å². The predicted octanol–water partition coefficient (Wildman–Crippen LogP) is 6.06. The number of ether oxygens (including phenoxy) is 3. The Morgan fingerprint density at radius 2 is 2.02 bits per heavy atom. The highest BCUT2D eigenvalue weighted by atomic mass is 35.5. The summed E-state index contributed by atoms with van der Waals surface area (Å²) in [6.07, 6.45) is 10.5. The maximum Gasteiger partial charge on any atom is 0.327 e. The van der Waals surface area contributed by atoms with Crippen molar-refractivity contribution < 1.29 is 28.0 Å². The van der Waals surface area contributed by atoms with Crippen molar-refractivity contribution in [3.63, 3.8) is 0 Å². The van der Waals surface area contributed by atoms with Crippen LogP contribution in [0.1, 0.15) is 66.9 Å². The molecule has 49 heavy (non-hydrogen) atoms. The molecule has 2 aromatic rings. The van der Waals surface area contributed by atoms with Gasteiger partial charge in [-0.2, -0.15) is 0 Å². The highest BCUT2D eigenvalue weighted by Crippen LogP contribution is 2.47. The van der Waals surface area contributed by atoms with Crippen LogP contribution in [-0.4, -0.2) is 74.1 Å². The number of anilines is 1. The van der Waals surface area contributed by atoms with Gasteiger partial charge in [0.25, 0.3) is 5.91 Å². The molecular weight excluding hydrogens is 664 g/mol. The van der Waals surface area contributed by atoms with Crippen molar-refractivity contribution in [3.8, 4) is 5.75 Å². The third-order valence-corrected chi connectivity index (χ3v) is 13.3. The summed E-state index contributed by atoms with van der Waals surface area (Å²) in [7, 11) is -0.129. The minimum Gasteiger partial charge on any atom is -0.490 e. The molecule has 3 amide bonds. The molecule has 3 aliphatic carbocycles. The first kappa shape index (κ1) is 34.3. The Labute approximate surface area is 294 Å². The number of allylic oxidation sites excluding steroid dienone is 1. The van der Waals surface area contributed by atoms with E-state index in [-0.39, 0.29) is 35.3 Å². The Hall–Kier alpha value is -3.12. The van der Waals surface area contributed by atoms with Gasteiger partial charge in [-0.05, 0) is 104 Å². The average molecular weight is 711 g/mol. The van der Waals surface area contributed by atoms with Crippen LogP contribution in [0.4, 0.5) is 10.5 Å². The van der Waals surface area contributed by atoms with Gasteiger partial charge in [-0.25, -0.2) is 9.00 Å². The smallest absolute Gasteiger partial charge is 0.327 e. The van der Waals surface area contributed by atoms with Gasteiger partial charge < -0.3 is 24.4 Å². The molecule has 0 radical (unpaired) electrons. The molecule has 1 spiro atoms. The summed E-state index contributed by atoms with van der Waals surface area (Å²) in [6, 6.07) is 10.8. The lowest BCUT2D eigenvalue weighted by atomic mass is 9.68. The Morgan fingerprint density at radius 3 is 2.78 bits per heavy atom. The summed E-state index contributed by atoms with van der Waals surface area (Å²) in [5.41, 5.74) is 3.42. The van der Waals surface area contributed by atoms with Crippen LogP contribution in [0.2, 0.25) is 5.02 Å². The molecular formula is C37H47ClN4O6S. The third kappa shape index (κ3) is 7.22. The monoisotopic (exact) mass is 710 g/mol. The number of amides is 3. The highest BCUT2D eigenvalue weighted by Gasteiger charge is 2.44. The van der Waals surface area contributed by atoms with Gasteiger partial charge in [0.15, 0.2) is 0 Å². The van der Waals surface area contributed by atoms with E-state index in [1.54, 1.807) is 20.3 Å². The molecule has 0 aromatic heterocycles. The van der Waals surface area contributed by atoms with E-state index in [1.807, 2.05) is 25.1 Å². The van der Waals surface area contributed by atoms with Crippen molar-refractivity contribution in [2.75, 3.05) is 44.6 Å². The average Bonchev–Trinajstić information content (AvgIpc) is 3.83. The molecule has 0 saturated heterocycles. The maximum atomic E-state index is 14.3. The van der Waals surface area contributed by atoms with Crippen molar-refractivity contribution in [2.45, 2.75) is 75.5 Å². The molecule has 2 saturated carbocycles. The van der Waals surface area contributed by atoms with Crippen molar-refractivity contribution in [2.24, 2.45) is 22.1 Å². The minimum atomic E-state index is -3.48.